The maximum Gasteiger partial charge on any atom is 0.303 e. The molecule has 2 atom stereocenters. The van der Waals surface area contributed by atoms with E-state index >= 15 is 0 Å². The molecule has 1 aromatic carbocycles. The van der Waals surface area contributed by atoms with Gasteiger partial charge in [0.05, 0.1) is 4.90 Å². The highest BCUT2D eigenvalue weighted by atomic mass is 32.2. The number of hydrogen-bond donors (Lipinski definition) is 2. The third-order valence-corrected chi connectivity index (χ3v) is 5.89. The van der Waals surface area contributed by atoms with E-state index in [-0.39, 0.29) is 12.5 Å². The second-order valence-corrected chi connectivity index (χ2v) is 7.94. The summed E-state index contributed by atoms with van der Waals surface area (Å²) in [5.74, 6) is -0.464. The standard InChI is InChI=1S/C18H25NO4S/c20-18(21)14-7-2-1-4-9-15-10-8-13-17(15)19-24(22,23)16-11-5-3-6-12-16/h1,3-6,11-12,15,17,19H,2,7-10,13-14H2,(H,20,21)/b4-1-. The number of hydrogen-bond acceptors (Lipinski definition) is 3. The first-order valence-corrected chi connectivity index (χ1v) is 9.91. The SMILES string of the molecule is O=C(O)CCC/C=C\CC1CCCC1NS(=O)(=O)c1ccccc1. The van der Waals surface area contributed by atoms with Crippen LogP contribution in [0.15, 0.2) is 47.4 Å². The van der Waals surface area contributed by atoms with Gasteiger partial charge in [-0.3, -0.25) is 4.79 Å². The smallest absolute Gasteiger partial charge is 0.303 e. The lowest BCUT2D eigenvalue weighted by Crippen LogP contribution is -2.37. The maximum absolute atomic E-state index is 12.4. The predicted molar refractivity (Wildman–Crippen MR) is 93.1 cm³/mol. The van der Waals surface area contributed by atoms with Crippen LogP contribution in [0.5, 0.6) is 0 Å². The third-order valence-electron chi connectivity index (χ3n) is 4.39. The summed E-state index contributed by atoms with van der Waals surface area (Å²) < 4.78 is 27.7. The Hall–Kier alpha value is -1.66. The van der Waals surface area contributed by atoms with Gasteiger partial charge in [0.2, 0.25) is 10.0 Å². The van der Waals surface area contributed by atoms with Crippen LogP contribution in [0.25, 0.3) is 0 Å². The van der Waals surface area contributed by atoms with Crippen LogP contribution in [0.3, 0.4) is 0 Å². The number of allylic oxidation sites excluding steroid dienone is 2. The molecule has 1 aliphatic carbocycles. The third kappa shape index (κ3) is 5.76. The number of aliphatic carboxylic acids is 1. The number of sulfonamides is 1. The highest BCUT2D eigenvalue weighted by Gasteiger charge is 2.30. The number of rotatable bonds is 9. The summed E-state index contributed by atoms with van der Waals surface area (Å²) in [5, 5.41) is 8.59. The number of carboxylic acids is 1. The summed E-state index contributed by atoms with van der Waals surface area (Å²) in [7, 11) is -3.46. The largest absolute Gasteiger partial charge is 0.481 e. The monoisotopic (exact) mass is 351 g/mol. The normalized spacial score (nSPS) is 21.3. The molecule has 0 saturated heterocycles. The number of benzene rings is 1. The Kier molecular flexibility index (Phi) is 6.99. The molecule has 0 heterocycles. The van der Waals surface area contributed by atoms with E-state index in [4.69, 9.17) is 5.11 Å². The Morgan fingerprint density at radius 3 is 2.67 bits per heavy atom. The Bertz CT molecular complexity index is 655. The molecule has 0 aliphatic heterocycles. The van der Waals surface area contributed by atoms with Gasteiger partial charge in [-0.25, -0.2) is 13.1 Å². The van der Waals surface area contributed by atoms with E-state index < -0.39 is 16.0 Å². The summed E-state index contributed by atoms with van der Waals surface area (Å²) >= 11 is 0. The van der Waals surface area contributed by atoms with Crippen molar-refractivity contribution in [2.24, 2.45) is 5.92 Å². The molecule has 2 unspecified atom stereocenters. The Morgan fingerprint density at radius 2 is 1.96 bits per heavy atom. The summed E-state index contributed by atoms with van der Waals surface area (Å²) in [4.78, 5) is 10.8. The Balaban J connectivity index is 1.84. The highest BCUT2D eigenvalue weighted by Crippen LogP contribution is 2.30. The van der Waals surface area contributed by atoms with E-state index in [1.165, 1.54) is 0 Å². The molecule has 1 aromatic rings. The van der Waals surface area contributed by atoms with Crippen molar-refractivity contribution in [3.05, 3.63) is 42.5 Å². The summed E-state index contributed by atoms with van der Waals surface area (Å²) in [6, 6.07) is 8.43. The molecule has 0 bridgehead atoms. The van der Waals surface area contributed by atoms with Crippen LogP contribution in [-0.2, 0) is 14.8 Å². The molecule has 2 rings (SSSR count). The van der Waals surface area contributed by atoms with E-state index in [9.17, 15) is 13.2 Å². The predicted octanol–water partition coefficient (Wildman–Crippen LogP) is 3.33. The van der Waals surface area contributed by atoms with Crippen LogP contribution in [-0.4, -0.2) is 25.5 Å². The van der Waals surface area contributed by atoms with Crippen molar-refractivity contribution in [1.29, 1.82) is 0 Å². The first-order valence-electron chi connectivity index (χ1n) is 8.43. The van der Waals surface area contributed by atoms with Crippen LogP contribution in [0.2, 0.25) is 0 Å². The second kappa shape index (κ2) is 8.99. The molecule has 1 fully saturated rings. The fourth-order valence-corrected chi connectivity index (χ4v) is 4.46. The molecule has 0 radical (unpaired) electrons. The summed E-state index contributed by atoms with van der Waals surface area (Å²) in [5.41, 5.74) is 0. The minimum atomic E-state index is -3.46. The highest BCUT2D eigenvalue weighted by molar-refractivity contribution is 7.89. The minimum Gasteiger partial charge on any atom is -0.481 e. The van der Waals surface area contributed by atoms with Gasteiger partial charge in [0, 0.05) is 12.5 Å². The minimum absolute atomic E-state index is 0.0288. The van der Waals surface area contributed by atoms with Gasteiger partial charge in [0.25, 0.3) is 0 Å². The molecule has 132 valence electrons. The number of carboxylic acid groups (broad SMARTS) is 1. The van der Waals surface area contributed by atoms with Crippen molar-refractivity contribution in [2.75, 3.05) is 0 Å². The molecular formula is C18H25NO4S. The number of nitrogens with one attached hydrogen (secondary N) is 1. The van der Waals surface area contributed by atoms with Crippen molar-refractivity contribution in [2.45, 2.75) is 55.9 Å². The Morgan fingerprint density at radius 1 is 1.21 bits per heavy atom. The van der Waals surface area contributed by atoms with Gasteiger partial charge in [0.1, 0.15) is 0 Å². The van der Waals surface area contributed by atoms with Gasteiger partial charge < -0.3 is 5.11 Å². The van der Waals surface area contributed by atoms with E-state index in [1.807, 2.05) is 6.08 Å². The molecule has 2 N–H and O–H groups in total. The molecule has 6 heteroatoms. The van der Waals surface area contributed by atoms with E-state index in [1.54, 1.807) is 30.3 Å². The van der Waals surface area contributed by atoms with Crippen molar-refractivity contribution >= 4 is 16.0 Å². The van der Waals surface area contributed by atoms with Crippen LogP contribution in [0.4, 0.5) is 0 Å². The van der Waals surface area contributed by atoms with Crippen LogP contribution >= 0.6 is 0 Å². The van der Waals surface area contributed by atoms with Crippen molar-refractivity contribution in [1.82, 2.24) is 4.72 Å². The molecule has 1 saturated carbocycles. The Labute approximate surface area is 143 Å². The summed E-state index contributed by atoms with van der Waals surface area (Å²) in [6.07, 6.45) is 9.37. The molecule has 0 aromatic heterocycles. The van der Waals surface area contributed by atoms with E-state index in [0.717, 1.165) is 32.1 Å². The number of carbonyl (C=O) groups is 1. The topological polar surface area (TPSA) is 83.5 Å². The van der Waals surface area contributed by atoms with Crippen LogP contribution < -0.4 is 4.72 Å². The molecular weight excluding hydrogens is 326 g/mol. The lowest BCUT2D eigenvalue weighted by Gasteiger charge is -2.19. The average molecular weight is 351 g/mol. The van der Waals surface area contributed by atoms with E-state index in [2.05, 4.69) is 10.8 Å². The van der Waals surface area contributed by atoms with Crippen molar-refractivity contribution in [3.63, 3.8) is 0 Å². The maximum atomic E-state index is 12.4. The first kappa shape index (κ1) is 18.7. The molecule has 0 spiro atoms. The number of unbranched alkanes of at least 4 members (excludes halogenated alkanes) is 1. The lowest BCUT2D eigenvalue weighted by atomic mass is 10.00. The van der Waals surface area contributed by atoms with Crippen molar-refractivity contribution < 1.29 is 18.3 Å². The quantitative estimate of drug-likeness (QED) is 0.528. The molecule has 24 heavy (non-hydrogen) atoms. The van der Waals surface area contributed by atoms with Crippen LogP contribution in [0.1, 0.15) is 44.9 Å². The zero-order valence-corrected chi connectivity index (χ0v) is 14.5. The van der Waals surface area contributed by atoms with Gasteiger partial charge in [-0.05, 0) is 50.2 Å². The van der Waals surface area contributed by atoms with Crippen molar-refractivity contribution in [3.8, 4) is 0 Å². The second-order valence-electron chi connectivity index (χ2n) is 6.22. The van der Waals surface area contributed by atoms with Gasteiger partial charge in [0.15, 0.2) is 0 Å². The van der Waals surface area contributed by atoms with Gasteiger partial charge in [-0.15, -0.1) is 0 Å². The zero-order chi connectivity index (χ0) is 17.4. The van der Waals surface area contributed by atoms with Crippen LogP contribution in [0, 0.1) is 5.92 Å². The molecule has 0 amide bonds. The fraction of sp³-hybridized carbons (Fsp3) is 0.500. The van der Waals surface area contributed by atoms with E-state index in [0.29, 0.717) is 17.2 Å². The van der Waals surface area contributed by atoms with Gasteiger partial charge >= 0.3 is 5.97 Å². The first-order chi connectivity index (χ1) is 11.5. The lowest BCUT2D eigenvalue weighted by molar-refractivity contribution is -0.137. The summed E-state index contributed by atoms with van der Waals surface area (Å²) in [6.45, 7) is 0. The molecule has 1 aliphatic rings. The zero-order valence-electron chi connectivity index (χ0n) is 13.7. The fourth-order valence-electron chi connectivity index (χ4n) is 3.10. The van der Waals surface area contributed by atoms with Gasteiger partial charge in [-0.2, -0.15) is 0 Å². The van der Waals surface area contributed by atoms with Gasteiger partial charge in [-0.1, -0.05) is 36.8 Å². The average Bonchev–Trinajstić information content (AvgIpc) is 2.98. The molecule has 5 nitrogen and oxygen atoms in total.